The zero-order chi connectivity index (χ0) is 18.8. The van der Waals surface area contributed by atoms with Gasteiger partial charge in [-0.15, -0.1) is 0 Å². The summed E-state index contributed by atoms with van der Waals surface area (Å²) in [5.74, 6) is 1.61. The predicted octanol–water partition coefficient (Wildman–Crippen LogP) is 8.21. The molecule has 0 bridgehead atoms. The van der Waals surface area contributed by atoms with Gasteiger partial charge >= 0.3 is 6.18 Å². The summed E-state index contributed by atoms with van der Waals surface area (Å²) in [7, 11) is 0. The van der Waals surface area contributed by atoms with Gasteiger partial charge in [0.2, 0.25) is 0 Å². The lowest BCUT2D eigenvalue weighted by atomic mass is 9.77. The van der Waals surface area contributed by atoms with Gasteiger partial charge in [-0.1, -0.05) is 63.3 Å². The van der Waals surface area contributed by atoms with E-state index in [1.807, 2.05) is 0 Å². The Morgan fingerprint density at radius 1 is 0.846 bits per heavy atom. The molecule has 1 aliphatic carbocycles. The Bertz CT molecular complexity index is 481. The summed E-state index contributed by atoms with van der Waals surface area (Å²) in [5, 5.41) is 0. The van der Waals surface area contributed by atoms with E-state index < -0.39 is 12.6 Å². The van der Waals surface area contributed by atoms with Crippen molar-refractivity contribution in [1.29, 1.82) is 0 Å². The van der Waals surface area contributed by atoms with Crippen LogP contribution in [0.3, 0.4) is 0 Å². The van der Waals surface area contributed by atoms with Crippen LogP contribution in [0.5, 0.6) is 0 Å². The topological polar surface area (TPSA) is 0 Å². The van der Waals surface area contributed by atoms with Crippen molar-refractivity contribution in [1.82, 2.24) is 0 Å². The van der Waals surface area contributed by atoms with Gasteiger partial charge in [-0.25, -0.2) is 0 Å². The second-order valence-corrected chi connectivity index (χ2v) is 8.13. The number of halogens is 3. The minimum absolute atomic E-state index is 0.230. The highest BCUT2D eigenvalue weighted by Crippen LogP contribution is 2.37. The maximum absolute atomic E-state index is 12.2. The van der Waals surface area contributed by atoms with E-state index in [2.05, 4.69) is 31.2 Å². The van der Waals surface area contributed by atoms with Crippen LogP contribution in [-0.2, 0) is 6.42 Å². The smallest absolute Gasteiger partial charge is 0.171 e. The molecule has 1 aromatic rings. The zero-order valence-corrected chi connectivity index (χ0v) is 16.3. The van der Waals surface area contributed by atoms with Crippen LogP contribution in [-0.4, -0.2) is 6.18 Å². The summed E-state index contributed by atoms with van der Waals surface area (Å²) in [6.07, 6.45) is 9.10. The van der Waals surface area contributed by atoms with Gasteiger partial charge in [-0.3, -0.25) is 0 Å². The van der Waals surface area contributed by atoms with Crippen molar-refractivity contribution in [2.75, 3.05) is 0 Å². The average Bonchev–Trinajstić information content (AvgIpc) is 2.63. The SMILES string of the molecule is CCCCCCC1CCC(c2ccc(CCCCC(F)(F)F)cc2)CC1. The first-order chi connectivity index (χ1) is 12.5. The monoisotopic (exact) mass is 368 g/mol. The number of aryl methyl sites for hydroxylation is 1. The van der Waals surface area contributed by atoms with E-state index in [4.69, 9.17) is 0 Å². The highest BCUT2D eigenvalue weighted by atomic mass is 19.4. The average molecular weight is 369 g/mol. The maximum Gasteiger partial charge on any atom is 0.389 e. The van der Waals surface area contributed by atoms with Gasteiger partial charge in [0.25, 0.3) is 0 Å². The van der Waals surface area contributed by atoms with Gasteiger partial charge in [-0.05, 0) is 67.9 Å². The van der Waals surface area contributed by atoms with Gasteiger partial charge in [0.05, 0.1) is 0 Å². The number of alkyl halides is 3. The van der Waals surface area contributed by atoms with Gasteiger partial charge in [0.15, 0.2) is 0 Å². The fourth-order valence-corrected chi connectivity index (χ4v) is 4.26. The van der Waals surface area contributed by atoms with Gasteiger partial charge in [0, 0.05) is 6.42 Å². The van der Waals surface area contributed by atoms with Crippen molar-refractivity contribution in [3.63, 3.8) is 0 Å². The fourth-order valence-electron chi connectivity index (χ4n) is 4.26. The molecule has 1 fully saturated rings. The Morgan fingerprint density at radius 2 is 1.54 bits per heavy atom. The molecule has 0 nitrogen and oxygen atoms in total. The molecule has 0 N–H and O–H groups in total. The second-order valence-electron chi connectivity index (χ2n) is 8.13. The molecule has 148 valence electrons. The molecule has 26 heavy (non-hydrogen) atoms. The van der Waals surface area contributed by atoms with E-state index in [0.717, 1.165) is 12.3 Å². The lowest BCUT2D eigenvalue weighted by Crippen LogP contribution is -2.13. The Labute approximate surface area is 157 Å². The Kier molecular flexibility index (Phi) is 9.01. The minimum atomic E-state index is -4.02. The Balaban J connectivity index is 1.67. The first-order valence-corrected chi connectivity index (χ1v) is 10.6. The van der Waals surface area contributed by atoms with E-state index >= 15 is 0 Å². The number of hydrogen-bond acceptors (Lipinski definition) is 0. The van der Waals surface area contributed by atoms with Gasteiger partial charge in [-0.2, -0.15) is 13.2 Å². The summed E-state index contributed by atoms with van der Waals surface area (Å²) in [6, 6.07) is 8.68. The third-order valence-electron chi connectivity index (χ3n) is 5.94. The van der Waals surface area contributed by atoms with Crippen molar-refractivity contribution in [2.24, 2.45) is 5.92 Å². The Morgan fingerprint density at radius 3 is 2.15 bits per heavy atom. The molecule has 1 aromatic carbocycles. The van der Waals surface area contributed by atoms with Gasteiger partial charge in [0.1, 0.15) is 0 Å². The van der Waals surface area contributed by atoms with Crippen LogP contribution in [0, 0.1) is 5.92 Å². The molecule has 0 spiro atoms. The molecule has 0 atom stereocenters. The molecule has 0 amide bonds. The first-order valence-electron chi connectivity index (χ1n) is 10.6. The summed E-state index contributed by atoms with van der Waals surface area (Å²) in [4.78, 5) is 0. The van der Waals surface area contributed by atoms with E-state index in [1.54, 1.807) is 0 Å². The third kappa shape index (κ3) is 8.14. The van der Waals surface area contributed by atoms with Crippen LogP contribution in [0.2, 0.25) is 0 Å². The maximum atomic E-state index is 12.2. The molecule has 2 rings (SSSR count). The number of rotatable bonds is 10. The molecule has 1 saturated carbocycles. The summed E-state index contributed by atoms with van der Waals surface area (Å²) in [5.41, 5.74) is 2.59. The molecule has 3 heteroatoms. The van der Waals surface area contributed by atoms with Crippen LogP contribution in [0.1, 0.15) is 101 Å². The summed E-state index contributed by atoms with van der Waals surface area (Å²) >= 11 is 0. The van der Waals surface area contributed by atoms with Crippen LogP contribution in [0.15, 0.2) is 24.3 Å². The van der Waals surface area contributed by atoms with Crippen molar-refractivity contribution >= 4 is 0 Å². The largest absolute Gasteiger partial charge is 0.389 e. The molecule has 0 saturated heterocycles. The third-order valence-corrected chi connectivity index (χ3v) is 5.94. The van der Waals surface area contributed by atoms with E-state index in [1.165, 1.54) is 68.9 Å². The van der Waals surface area contributed by atoms with Crippen molar-refractivity contribution in [3.05, 3.63) is 35.4 Å². The molecule has 0 heterocycles. The highest BCUT2D eigenvalue weighted by molar-refractivity contribution is 5.26. The highest BCUT2D eigenvalue weighted by Gasteiger charge is 2.26. The Hall–Kier alpha value is -0.990. The molecular formula is C23H35F3. The fraction of sp³-hybridized carbons (Fsp3) is 0.739. The minimum Gasteiger partial charge on any atom is -0.171 e. The van der Waals surface area contributed by atoms with E-state index in [9.17, 15) is 13.2 Å². The number of unbranched alkanes of at least 4 members (excludes halogenated alkanes) is 4. The summed E-state index contributed by atoms with van der Waals surface area (Å²) < 4.78 is 36.5. The quantitative estimate of drug-likeness (QED) is 0.365. The predicted molar refractivity (Wildman–Crippen MR) is 104 cm³/mol. The lowest BCUT2D eigenvalue weighted by molar-refractivity contribution is -0.135. The normalized spacial score (nSPS) is 21.1. The van der Waals surface area contributed by atoms with Crippen molar-refractivity contribution in [3.8, 4) is 0 Å². The van der Waals surface area contributed by atoms with E-state index in [-0.39, 0.29) is 6.42 Å². The molecule has 0 unspecified atom stereocenters. The van der Waals surface area contributed by atoms with Crippen LogP contribution < -0.4 is 0 Å². The van der Waals surface area contributed by atoms with E-state index in [0.29, 0.717) is 12.3 Å². The van der Waals surface area contributed by atoms with Crippen molar-refractivity contribution in [2.45, 2.75) is 102 Å². The molecular weight excluding hydrogens is 333 g/mol. The van der Waals surface area contributed by atoms with Gasteiger partial charge < -0.3 is 0 Å². The molecule has 1 aliphatic rings. The second kappa shape index (κ2) is 11.0. The van der Waals surface area contributed by atoms with Crippen LogP contribution in [0.25, 0.3) is 0 Å². The standard InChI is InChI=1S/C23H35F3/c1-2-3-4-5-8-19-10-14-21(15-11-19)22-16-12-20(13-17-22)9-6-7-18-23(24,25)26/h12-13,16-17,19,21H,2-11,14-15,18H2,1H3. The molecule has 0 radical (unpaired) electrons. The first kappa shape index (κ1) is 21.3. The zero-order valence-electron chi connectivity index (χ0n) is 16.3. The van der Waals surface area contributed by atoms with Crippen LogP contribution >= 0.6 is 0 Å². The van der Waals surface area contributed by atoms with Crippen LogP contribution in [0.4, 0.5) is 13.2 Å². The number of benzene rings is 1. The lowest BCUT2D eigenvalue weighted by Gasteiger charge is -2.29. The molecule has 0 aliphatic heterocycles. The number of hydrogen-bond donors (Lipinski definition) is 0. The molecule has 0 aromatic heterocycles. The van der Waals surface area contributed by atoms with Crippen molar-refractivity contribution < 1.29 is 13.2 Å². The summed E-state index contributed by atoms with van der Waals surface area (Å²) in [6.45, 7) is 2.26.